The predicted molar refractivity (Wildman–Crippen MR) is 102 cm³/mol. The van der Waals surface area contributed by atoms with Gasteiger partial charge in [-0.05, 0) is 54.7 Å². The summed E-state index contributed by atoms with van der Waals surface area (Å²) in [5.74, 6) is 0.144. The zero-order valence-electron chi connectivity index (χ0n) is 15.4. The number of carbonyl (C=O) groups is 1. The highest BCUT2D eigenvalue weighted by molar-refractivity contribution is 7.92. The second kappa shape index (κ2) is 7.68. The molecule has 3 rings (SSSR count). The van der Waals surface area contributed by atoms with E-state index in [1.165, 1.54) is 42.5 Å². The average Bonchev–Trinajstić information content (AvgIpc) is 2.62. The number of carbonyl (C=O) groups excluding carboxylic acids is 1. The van der Waals surface area contributed by atoms with Gasteiger partial charge in [0.1, 0.15) is 5.82 Å². The van der Waals surface area contributed by atoms with Gasteiger partial charge in [0.05, 0.1) is 10.6 Å². The van der Waals surface area contributed by atoms with Crippen molar-refractivity contribution in [2.75, 3.05) is 17.8 Å². The molecule has 0 aromatic heterocycles. The van der Waals surface area contributed by atoms with Gasteiger partial charge in [-0.2, -0.15) is 0 Å². The highest BCUT2D eigenvalue weighted by Gasteiger charge is 2.26. The fraction of sp³-hybridized carbons (Fsp3) is 0.350. The second-order valence-electron chi connectivity index (χ2n) is 7.27. The molecule has 5 nitrogen and oxygen atoms in total. The van der Waals surface area contributed by atoms with Crippen LogP contribution in [0, 0.1) is 17.7 Å². The number of amides is 1. The summed E-state index contributed by atoms with van der Waals surface area (Å²) < 4.78 is 40.8. The third-order valence-corrected chi connectivity index (χ3v) is 6.07. The molecule has 2 atom stereocenters. The van der Waals surface area contributed by atoms with E-state index in [1.54, 1.807) is 6.07 Å². The van der Waals surface area contributed by atoms with Crippen molar-refractivity contribution in [2.24, 2.45) is 11.8 Å². The van der Waals surface area contributed by atoms with Crippen LogP contribution in [0.1, 0.15) is 30.6 Å². The number of rotatable bonds is 4. The van der Waals surface area contributed by atoms with Crippen LogP contribution in [-0.2, 0) is 10.0 Å². The van der Waals surface area contributed by atoms with Gasteiger partial charge in [-0.3, -0.25) is 9.52 Å². The number of benzene rings is 2. The molecule has 0 bridgehead atoms. The van der Waals surface area contributed by atoms with Gasteiger partial charge in [0.25, 0.3) is 15.9 Å². The Labute approximate surface area is 159 Å². The number of likely N-dealkylation sites (tertiary alicyclic amines) is 1. The van der Waals surface area contributed by atoms with Gasteiger partial charge in [0, 0.05) is 18.7 Å². The minimum atomic E-state index is -3.94. The fourth-order valence-electron chi connectivity index (χ4n) is 3.54. The van der Waals surface area contributed by atoms with Crippen LogP contribution in [-0.4, -0.2) is 32.3 Å². The van der Waals surface area contributed by atoms with Gasteiger partial charge in [-0.1, -0.05) is 26.0 Å². The lowest BCUT2D eigenvalue weighted by atomic mass is 9.91. The van der Waals surface area contributed by atoms with Crippen molar-refractivity contribution in [3.63, 3.8) is 0 Å². The van der Waals surface area contributed by atoms with E-state index in [9.17, 15) is 17.6 Å². The molecule has 1 N–H and O–H groups in total. The number of hydrogen-bond acceptors (Lipinski definition) is 3. The standard InChI is InChI=1S/C20H23FN2O3S/c1-14-11-15(2)13-23(12-14)20(24)16-7-9-17(10-8-16)27(25,26)22-19-6-4-3-5-18(19)21/h3-10,14-15,22H,11-13H2,1-2H3. The zero-order valence-corrected chi connectivity index (χ0v) is 16.2. The Kier molecular flexibility index (Phi) is 5.51. The molecule has 2 aromatic carbocycles. The third-order valence-electron chi connectivity index (χ3n) is 4.69. The average molecular weight is 390 g/mol. The molecule has 1 aliphatic rings. The van der Waals surface area contributed by atoms with E-state index in [4.69, 9.17) is 0 Å². The van der Waals surface area contributed by atoms with Crippen molar-refractivity contribution in [3.8, 4) is 0 Å². The second-order valence-corrected chi connectivity index (χ2v) is 8.95. The lowest BCUT2D eigenvalue weighted by molar-refractivity contribution is 0.0623. The number of halogens is 1. The van der Waals surface area contributed by atoms with Crippen LogP contribution >= 0.6 is 0 Å². The first-order valence-electron chi connectivity index (χ1n) is 8.93. The van der Waals surface area contributed by atoms with E-state index in [2.05, 4.69) is 18.6 Å². The van der Waals surface area contributed by atoms with Crippen LogP contribution in [0.25, 0.3) is 0 Å². The first-order valence-corrected chi connectivity index (χ1v) is 10.4. The lowest BCUT2D eigenvalue weighted by Gasteiger charge is -2.35. The molecule has 1 heterocycles. The van der Waals surface area contributed by atoms with Crippen molar-refractivity contribution < 1.29 is 17.6 Å². The summed E-state index contributed by atoms with van der Waals surface area (Å²) in [4.78, 5) is 14.5. The molecule has 0 aliphatic carbocycles. The molecule has 1 saturated heterocycles. The Balaban J connectivity index is 1.76. The third kappa shape index (κ3) is 4.47. The van der Waals surface area contributed by atoms with Gasteiger partial charge < -0.3 is 4.90 Å². The van der Waals surface area contributed by atoms with Gasteiger partial charge in [0.15, 0.2) is 0 Å². The van der Waals surface area contributed by atoms with Crippen LogP contribution in [0.15, 0.2) is 53.4 Å². The van der Waals surface area contributed by atoms with Crippen LogP contribution in [0.3, 0.4) is 0 Å². The lowest BCUT2D eigenvalue weighted by Crippen LogP contribution is -2.42. The maximum Gasteiger partial charge on any atom is 0.261 e. The first-order chi connectivity index (χ1) is 12.8. The SMILES string of the molecule is CC1CC(C)CN(C(=O)c2ccc(S(=O)(=O)Nc3ccccc3F)cc2)C1. The number of nitrogens with one attached hydrogen (secondary N) is 1. The topological polar surface area (TPSA) is 66.5 Å². The predicted octanol–water partition coefficient (Wildman–Crippen LogP) is 3.74. The highest BCUT2D eigenvalue weighted by Crippen LogP contribution is 2.23. The molecule has 2 unspecified atom stereocenters. The molecule has 144 valence electrons. The smallest absolute Gasteiger partial charge is 0.261 e. The zero-order chi connectivity index (χ0) is 19.6. The molecular weight excluding hydrogens is 367 g/mol. The molecular formula is C20H23FN2O3S. The van der Waals surface area contributed by atoms with Crippen molar-refractivity contribution >= 4 is 21.6 Å². The molecule has 7 heteroatoms. The maximum absolute atomic E-state index is 13.7. The summed E-state index contributed by atoms with van der Waals surface area (Å²) in [7, 11) is -3.94. The number of piperidine rings is 1. The minimum absolute atomic E-state index is 0.0253. The largest absolute Gasteiger partial charge is 0.338 e. The Morgan fingerprint density at radius 1 is 1.04 bits per heavy atom. The first kappa shape index (κ1) is 19.4. The van der Waals surface area contributed by atoms with Crippen molar-refractivity contribution in [2.45, 2.75) is 25.2 Å². The van der Waals surface area contributed by atoms with E-state index >= 15 is 0 Å². The highest BCUT2D eigenvalue weighted by atomic mass is 32.2. The van der Waals surface area contributed by atoms with E-state index in [1.807, 2.05) is 4.90 Å². The molecule has 0 saturated carbocycles. The molecule has 1 aliphatic heterocycles. The van der Waals surface area contributed by atoms with E-state index in [0.717, 1.165) is 6.42 Å². The molecule has 2 aromatic rings. The molecule has 0 spiro atoms. The van der Waals surface area contributed by atoms with Gasteiger partial charge in [-0.25, -0.2) is 12.8 Å². The number of sulfonamides is 1. The van der Waals surface area contributed by atoms with Gasteiger partial charge in [-0.15, -0.1) is 0 Å². The van der Waals surface area contributed by atoms with Crippen molar-refractivity contribution in [1.29, 1.82) is 0 Å². The normalized spacial score (nSPS) is 20.3. The number of hydrogen-bond donors (Lipinski definition) is 1. The van der Waals surface area contributed by atoms with Gasteiger partial charge in [0.2, 0.25) is 0 Å². The Morgan fingerprint density at radius 2 is 1.63 bits per heavy atom. The van der Waals surface area contributed by atoms with E-state index in [-0.39, 0.29) is 16.5 Å². The van der Waals surface area contributed by atoms with Crippen LogP contribution in [0.2, 0.25) is 0 Å². The number of anilines is 1. The summed E-state index contributed by atoms with van der Waals surface area (Å²) in [6.45, 7) is 5.66. The van der Waals surface area contributed by atoms with Crippen LogP contribution in [0.4, 0.5) is 10.1 Å². The monoisotopic (exact) mass is 390 g/mol. The fourth-order valence-corrected chi connectivity index (χ4v) is 4.60. The summed E-state index contributed by atoms with van der Waals surface area (Å²) in [5, 5.41) is 0. The molecule has 0 radical (unpaired) electrons. The molecule has 27 heavy (non-hydrogen) atoms. The summed E-state index contributed by atoms with van der Waals surface area (Å²) >= 11 is 0. The number of nitrogens with zero attached hydrogens (tertiary/aromatic N) is 1. The van der Waals surface area contributed by atoms with Crippen molar-refractivity contribution in [1.82, 2.24) is 4.90 Å². The van der Waals surface area contributed by atoms with Crippen LogP contribution in [0.5, 0.6) is 0 Å². The van der Waals surface area contributed by atoms with E-state index < -0.39 is 15.8 Å². The number of para-hydroxylation sites is 1. The molecule has 1 fully saturated rings. The van der Waals surface area contributed by atoms with Crippen LogP contribution < -0.4 is 4.72 Å². The Morgan fingerprint density at radius 3 is 2.22 bits per heavy atom. The Bertz CT molecular complexity index is 918. The minimum Gasteiger partial charge on any atom is -0.338 e. The summed E-state index contributed by atoms with van der Waals surface area (Å²) in [6.07, 6.45) is 1.10. The van der Waals surface area contributed by atoms with Gasteiger partial charge >= 0.3 is 0 Å². The summed E-state index contributed by atoms with van der Waals surface area (Å²) in [6, 6.07) is 11.3. The van der Waals surface area contributed by atoms with Crippen molar-refractivity contribution in [3.05, 3.63) is 59.9 Å². The Hall–Kier alpha value is -2.41. The maximum atomic E-state index is 13.7. The van der Waals surface area contributed by atoms with E-state index in [0.29, 0.717) is 30.5 Å². The quantitative estimate of drug-likeness (QED) is 0.865. The molecule has 1 amide bonds. The summed E-state index contributed by atoms with van der Waals surface area (Å²) in [5.41, 5.74) is 0.329.